The predicted octanol–water partition coefficient (Wildman–Crippen LogP) is 2.13. The maximum atomic E-state index is 12.0. The first-order chi connectivity index (χ1) is 9.25. The second-order valence-electron chi connectivity index (χ2n) is 4.07. The molecule has 0 radical (unpaired) electrons. The number of aromatic nitrogens is 2. The molecule has 5 heteroatoms. The molecule has 2 N–H and O–H groups in total. The lowest BCUT2D eigenvalue weighted by molar-refractivity contribution is 0.101. The molecule has 0 fully saturated rings. The molecule has 0 atom stereocenters. The van der Waals surface area contributed by atoms with E-state index in [1.165, 1.54) is 4.68 Å². The van der Waals surface area contributed by atoms with E-state index in [2.05, 4.69) is 10.4 Å². The van der Waals surface area contributed by atoms with Gasteiger partial charge in [-0.15, -0.1) is 0 Å². The highest BCUT2D eigenvalue weighted by Gasteiger charge is 2.11. The van der Waals surface area contributed by atoms with E-state index in [9.17, 15) is 9.90 Å². The monoisotopic (exact) mass is 253 g/mol. The summed E-state index contributed by atoms with van der Waals surface area (Å²) in [6.07, 6.45) is 3.09. The molecule has 0 unspecified atom stereocenters. The summed E-state index contributed by atoms with van der Waals surface area (Å²) in [5.74, 6) is -0.317. The molecule has 19 heavy (non-hydrogen) atoms. The zero-order valence-electron chi connectivity index (χ0n) is 9.95. The fourth-order valence-electron chi connectivity index (χ4n) is 1.93. The van der Waals surface area contributed by atoms with Crippen LogP contribution in [-0.4, -0.2) is 20.7 Å². The van der Waals surface area contributed by atoms with E-state index < -0.39 is 0 Å². The number of fused-ring (bicyclic) bond motifs is 1. The number of hydrogen-bond donors (Lipinski definition) is 2. The van der Waals surface area contributed by atoms with Crippen LogP contribution >= 0.6 is 0 Å². The topological polar surface area (TPSA) is 67.2 Å². The number of rotatable bonds is 2. The molecule has 0 aliphatic carbocycles. The van der Waals surface area contributed by atoms with Crippen LogP contribution in [0.2, 0.25) is 0 Å². The van der Waals surface area contributed by atoms with Crippen molar-refractivity contribution in [1.82, 2.24) is 9.66 Å². The number of carbonyl (C=O) groups is 1. The molecule has 0 aliphatic heterocycles. The van der Waals surface area contributed by atoms with Crippen LogP contribution in [0.3, 0.4) is 0 Å². The maximum absolute atomic E-state index is 12.0. The number of aromatic hydroxyl groups is 1. The first-order valence-electron chi connectivity index (χ1n) is 5.76. The molecular formula is C14H11N3O2. The Labute approximate surface area is 109 Å². The number of pyridine rings is 1. The number of hydrogen-bond acceptors (Lipinski definition) is 3. The quantitative estimate of drug-likeness (QED) is 0.735. The van der Waals surface area contributed by atoms with Crippen LogP contribution in [0.1, 0.15) is 10.4 Å². The van der Waals surface area contributed by atoms with Crippen molar-refractivity contribution < 1.29 is 9.90 Å². The SMILES string of the molecule is O=C(Nn1c(O)cc2ccccc21)c1ccncc1. The average molecular weight is 253 g/mol. The summed E-state index contributed by atoms with van der Waals surface area (Å²) in [7, 11) is 0. The van der Waals surface area contributed by atoms with E-state index in [0.29, 0.717) is 5.56 Å². The molecule has 3 aromatic rings. The van der Waals surface area contributed by atoms with Crippen LogP contribution in [0, 0.1) is 0 Å². The summed E-state index contributed by atoms with van der Waals surface area (Å²) >= 11 is 0. The van der Waals surface area contributed by atoms with E-state index in [1.54, 1.807) is 30.6 Å². The Morgan fingerprint density at radius 1 is 1.16 bits per heavy atom. The highest BCUT2D eigenvalue weighted by molar-refractivity contribution is 6.01. The summed E-state index contributed by atoms with van der Waals surface area (Å²) in [4.78, 5) is 15.9. The van der Waals surface area contributed by atoms with Crippen molar-refractivity contribution in [1.29, 1.82) is 0 Å². The van der Waals surface area contributed by atoms with E-state index in [1.807, 2.05) is 24.3 Å². The minimum atomic E-state index is -0.306. The molecule has 0 spiro atoms. The number of benzene rings is 1. The standard InChI is InChI=1S/C14H11N3O2/c18-13-9-11-3-1-2-4-12(11)17(13)16-14(19)10-5-7-15-8-6-10/h1-9,18H,(H,16,19). The summed E-state index contributed by atoms with van der Waals surface area (Å²) in [6, 6.07) is 12.2. The van der Waals surface area contributed by atoms with E-state index >= 15 is 0 Å². The average Bonchev–Trinajstić information content (AvgIpc) is 2.76. The third-order valence-electron chi connectivity index (χ3n) is 2.85. The fourth-order valence-corrected chi connectivity index (χ4v) is 1.93. The number of para-hydroxylation sites is 1. The van der Waals surface area contributed by atoms with Gasteiger partial charge in [-0.1, -0.05) is 18.2 Å². The van der Waals surface area contributed by atoms with Crippen LogP contribution in [0.25, 0.3) is 10.9 Å². The summed E-state index contributed by atoms with van der Waals surface area (Å²) in [6.45, 7) is 0. The molecule has 94 valence electrons. The van der Waals surface area contributed by atoms with Gasteiger partial charge in [0.15, 0.2) is 0 Å². The zero-order valence-corrected chi connectivity index (χ0v) is 9.95. The molecular weight excluding hydrogens is 242 g/mol. The van der Waals surface area contributed by atoms with Crippen molar-refractivity contribution in [3.63, 3.8) is 0 Å². The van der Waals surface area contributed by atoms with Gasteiger partial charge in [0.2, 0.25) is 5.88 Å². The van der Waals surface area contributed by atoms with Crippen molar-refractivity contribution in [2.75, 3.05) is 5.43 Å². The first kappa shape index (κ1) is 11.3. The largest absolute Gasteiger partial charge is 0.493 e. The molecule has 2 aromatic heterocycles. The minimum Gasteiger partial charge on any atom is -0.493 e. The van der Waals surface area contributed by atoms with Crippen LogP contribution in [0.15, 0.2) is 54.9 Å². The van der Waals surface area contributed by atoms with Gasteiger partial charge in [-0.2, -0.15) is 0 Å². The molecule has 0 saturated heterocycles. The van der Waals surface area contributed by atoms with Crippen molar-refractivity contribution >= 4 is 16.8 Å². The van der Waals surface area contributed by atoms with E-state index in [4.69, 9.17) is 0 Å². The van der Waals surface area contributed by atoms with Gasteiger partial charge in [0.25, 0.3) is 5.91 Å². The molecule has 1 aromatic carbocycles. The zero-order chi connectivity index (χ0) is 13.2. The minimum absolute atomic E-state index is 0.0105. The van der Waals surface area contributed by atoms with Gasteiger partial charge in [-0.3, -0.25) is 15.2 Å². The Hall–Kier alpha value is -2.82. The lowest BCUT2D eigenvalue weighted by Gasteiger charge is -2.08. The summed E-state index contributed by atoms with van der Waals surface area (Å²) < 4.78 is 1.36. The number of amides is 1. The number of nitrogens with one attached hydrogen (secondary N) is 1. The Balaban J connectivity index is 1.98. The van der Waals surface area contributed by atoms with Crippen molar-refractivity contribution in [2.24, 2.45) is 0 Å². The summed E-state index contributed by atoms with van der Waals surface area (Å²) in [5, 5.41) is 10.7. The van der Waals surface area contributed by atoms with Crippen LogP contribution < -0.4 is 5.43 Å². The van der Waals surface area contributed by atoms with Gasteiger partial charge < -0.3 is 5.11 Å². The third-order valence-corrected chi connectivity index (χ3v) is 2.85. The summed E-state index contributed by atoms with van der Waals surface area (Å²) in [5.41, 5.74) is 3.87. The highest BCUT2D eigenvalue weighted by Crippen LogP contribution is 2.22. The molecule has 0 aliphatic rings. The Morgan fingerprint density at radius 3 is 2.68 bits per heavy atom. The van der Waals surface area contributed by atoms with E-state index in [-0.39, 0.29) is 11.8 Å². The van der Waals surface area contributed by atoms with Gasteiger partial charge in [0, 0.05) is 29.4 Å². The van der Waals surface area contributed by atoms with Gasteiger partial charge in [0.1, 0.15) is 0 Å². The van der Waals surface area contributed by atoms with E-state index in [0.717, 1.165) is 10.9 Å². The van der Waals surface area contributed by atoms with Gasteiger partial charge in [-0.25, -0.2) is 4.68 Å². The van der Waals surface area contributed by atoms with Crippen LogP contribution in [0.5, 0.6) is 5.88 Å². The number of nitrogens with zero attached hydrogens (tertiary/aromatic N) is 2. The predicted molar refractivity (Wildman–Crippen MR) is 71.5 cm³/mol. The first-order valence-corrected chi connectivity index (χ1v) is 5.76. The lowest BCUT2D eigenvalue weighted by atomic mass is 10.2. The van der Waals surface area contributed by atoms with Crippen molar-refractivity contribution in [3.05, 3.63) is 60.4 Å². The van der Waals surface area contributed by atoms with Gasteiger partial charge in [-0.05, 0) is 18.2 Å². The maximum Gasteiger partial charge on any atom is 0.270 e. The highest BCUT2D eigenvalue weighted by atomic mass is 16.3. The molecule has 2 heterocycles. The van der Waals surface area contributed by atoms with Crippen molar-refractivity contribution in [3.8, 4) is 5.88 Å². The molecule has 1 amide bonds. The molecule has 5 nitrogen and oxygen atoms in total. The lowest BCUT2D eigenvalue weighted by Crippen LogP contribution is -2.22. The molecule has 3 rings (SSSR count). The smallest absolute Gasteiger partial charge is 0.270 e. The fraction of sp³-hybridized carbons (Fsp3) is 0. The Bertz CT molecular complexity index is 735. The van der Waals surface area contributed by atoms with Crippen LogP contribution in [-0.2, 0) is 0 Å². The van der Waals surface area contributed by atoms with Crippen LogP contribution in [0.4, 0.5) is 0 Å². The van der Waals surface area contributed by atoms with Gasteiger partial charge >= 0.3 is 0 Å². The second kappa shape index (κ2) is 4.45. The molecule has 0 saturated carbocycles. The second-order valence-corrected chi connectivity index (χ2v) is 4.07. The third kappa shape index (κ3) is 2.01. The van der Waals surface area contributed by atoms with Crippen molar-refractivity contribution in [2.45, 2.75) is 0 Å². The number of carbonyl (C=O) groups excluding carboxylic acids is 1. The Kier molecular flexibility index (Phi) is 2.64. The van der Waals surface area contributed by atoms with Gasteiger partial charge in [0.05, 0.1) is 5.52 Å². The normalized spacial score (nSPS) is 10.5. The Morgan fingerprint density at radius 2 is 1.89 bits per heavy atom. The molecule has 0 bridgehead atoms.